The van der Waals surface area contributed by atoms with E-state index < -0.39 is 39.9 Å². The van der Waals surface area contributed by atoms with Crippen LogP contribution < -0.4 is 31.9 Å². The van der Waals surface area contributed by atoms with Crippen LogP contribution in [0.2, 0.25) is 0 Å². The molecule has 0 radical (unpaired) electrons. The number of quaternary nitrogens is 1. The summed E-state index contributed by atoms with van der Waals surface area (Å²) in [5.41, 5.74) is 9.88. The predicted molar refractivity (Wildman–Crippen MR) is 252 cm³/mol. The fourth-order valence-corrected chi connectivity index (χ4v) is 9.24. The molecule has 1 amide bonds. The number of anilines is 1. The lowest BCUT2D eigenvalue weighted by Crippen LogP contribution is -2.78. The van der Waals surface area contributed by atoms with E-state index in [2.05, 4.69) is 79.2 Å². The van der Waals surface area contributed by atoms with E-state index in [9.17, 15) is 23.8 Å². The van der Waals surface area contributed by atoms with E-state index in [1.807, 2.05) is 44.2 Å². The SMILES string of the molecule is C.CC.CC[NH2+]c1ccc(P(OC)OCC(=O)OC)cc1C(C)(C)C/C=C/C=C/C=C1/N(CC)c2ccc(P(=O)(O)OCC(=O)OC)cc2C1(C)CCCCCC(=O)NCCN. The van der Waals surface area contributed by atoms with Gasteiger partial charge in [0, 0.05) is 66.9 Å². The topological polar surface area (TPSA) is 193 Å². The van der Waals surface area contributed by atoms with Crippen molar-refractivity contribution in [2.75, 3.05) is 65.6 Å². The number of methoxy groups -OCH3 is 2. The number of carbonyl (C=O) groups excluding carboxylic acids is 3. The number of hydrogen-bond acceptors (Lipinski definition) is 11. The van der Waals surface area contributed by atoms with Gasteiger partial charge < -0.3 is 44.7 Å². The number of nitrogens with one attached hydrogen (secondary N) is 1. The largest absolute Gasteiger partial charge is 0.467 e. The minimum absolute atomic E-state index is 0. The van der Waals surface area contributed by atoms with Crippen LogP contribution in [0.15, 0.2) is 72.5 Å². The van der Waals surface area contributed by atoms with Crippen molar-refractivity contribution in [3.63, 3.8) is 0 Å². The zero-order valence-electron chi connectivity index (χ0n) is 38.0. The summed E-state index contributed by atoms with van der Waals surface area (Å²) in [6.45, 7) is 16.3. The Balaban J connectivity index is 0.00000631. The molecule has 0 bridgehead atoms. The summed E-state index contributed by atoms with van der Waals surface area (Å²) < 4.78 is 39.3. The van der Waals surface area contributed by atoms with Crippen LogP contribution in [-0.4, -0.2) is 83.5 Å². The second-order valence-corrected chi connectivity index (χ2v) is 18.4. The van der Waals surface area contributed by atoms with E-state index in [-0.39, 0.29) is 30.7 Å². The first-order valence-electron chi connectivity index (χ1n) is 21.1. The van der Waals surface area contributed by atoms with Gasteiger partial charge in [0.15, 0.2) is 13.2 Å². The molecule has 1 heterocycles. The van der Waals surface area contributed by atoms with Crippen LogP contribution in [0.4, 0.5) is 11.4 Å². The molecular weight excluding hydrogens is 830 g/mol. The molecule has 2 aromatic rings. The Hall–Kier alpha value is -3.71. The Morgan fingerprint density at radius 2 is 1.68 bits per heavy atom. The molecular formula is C46H75N4O10P2+. The number of fused-ring (bicyclic) bond motifs is 1. The molecule has 0 spiro atoms. The summed E-state index contributed by atoms with van der Waals surface area (Å²) in [5.74, 6) is -1.23. The lowest BCUT2D eigenvalue weighted by molar-refractivity contribution is -0.568. The molecule has 1 aliphatic heterocycles. The third kappa shape index (κ3) is 16.1. The van der Waals surface area contributed by atoms with Crippen molar-refractivity contribution < 1.29 is 52.2 Å². The minimum atomic E-state index is -4.35. The Labute approximate surface area is 372 Å². The van der Waals surface area contributed by atoms with Gasteiger partial charge in [-0.1, -0.05) is 72.3 Å². The van der Waals surface area contributed by atoms with Gasteiger partial charge in [0.1, 0.15) is 5.69 Å². The number of amides is 1. The first-order chi connectivity index (χ1) is 29.1. The van der Waals surface area contributed by atoms with Crippen LogP contribution in [0.3, 0.4) is 0 Å². The fraction of sp³-hybridized carbons (Fsp3) is 0.543. The highest BCUT2D eigenvalue weighted by Crippen LogP contribution is 2.52. The summed E-state index contributed by atoms with van der Waals surface area (Å²) >= 11 is 0. The number of nitrogens with two attached hydrogens (primary N) is 2. The average Bonchev–Trinajstić information content (AvgIpc) is 3.49. The average molecular weight is 906 g/mol. The summed E-state index contributed by atoms with van der Waals surface area (Å²) in [6.07, 6.45) is 14.6. The Bertz CT molecular complexity index is 1870. The molecule has 3 atom stereocenters. The molecule has 3 unspecified atom stereocenters. The van der Waals surface area contributed by atoms with Crippen molar-refractivity contribution in [3.05, 3.63) is 83.6 Å². The Kier molecular flexibility index (Phi) is 25.6. The molecule has 3 rings (SSSR count). The molecule has 0 aromatic heterocycles. The van der Waals surface area contributed by atoms with Gasteiger partial charge >= 0.3 is 19.5 Å². The molecule has 6 N–H and O–H groups in total. The van der Waals surface area contributed by atoms with E-state index >= 15 is 0 Å². The van der Waals surface area contributed by atoms with E-state index in [4.69, 9.17) is 24.0 Å². The normalized spacial score (nSPS) is 16.9. The van der Waals surface area contributed by atoms with Gasteiger partial charge in [-0.25, -0.2) is 9.59 Å². The smallest absolute Gasteiger partial charge is 0.359 e. The van der Waals surface area contributed by atoms with Gasteiger partial charge in [0.2, 0.25) is 14.3 Å². The highest BCUT2D eigenvalue weighted by molar-refractivity contribution is 7.61. The van der Waals surface area contributed by atoms with Gasteiger partial charge in [-0.05, 0) is 87.4 Å². The van der Waals surface area contributed by atoms with Gasteiger partial charge in [0.05, 0.1) is 26.1 Å². The second kappa shape index (κ2) is 28.2. The highest BCUT2D eigenvalue weighted by atomic mass is 31.2. The molecule has 2 aromatic carbocycles. The van der Waals surface area contributed by atoms with Crippen LogP contribution in [0.1, 0.15) is 106 Å². The van der Waals surface area contributed by atoms with Crippen LogP contribution in [-0.2, 0) is 52.8 Å². The molecule has 0 aliphatic carbocycles. The van der Waals surface area contributed by atoms with Gasteiger partial charge in [-0.2, -0.15) is 0 Å². The summed E-state index contributed by atoms with van der Waals surface area (Å²) in [4.78, 5) is 48.7. The summed E-state index contributed by atoms with van der Waals surface area (Å²) in [5, 5.41) is 5.99. The number of hydrogen-bond donors (Lipinski definition) is 4. The zero-order chi connectivity index (χ0) is 45.6. The number of benzene rings is 2. The fourth-order valence-electron chi connectivity index (χ4n) is 7.14. The third-order valence-electron chi connectivity index (χ3n) is 10.3. The van der Waals surface area contributed by atoms with Crippen molar-refractivity contribution in [2.24, 2.45) is 5.73 Å². The maximum Gasteiger partial charge on any atom is 0.359 e. The number of unbranched alkanes of at least 4 members (excludes halogenated alkanes) is 2. The molecule has 14 nitrogen and oxygen atoms in total. The summed E-state index contributed by atoms with van der Waals surface area (Å²) in [6, 6.07) is 11.3. The zero-order valence-corrected chi connectivity index (χ0v) is 39.7. The number of nitrogens with zero attached hydrogens (tertiary/aromatic N) is 1. The molecule has 0 fully saturated rings. The van der Waals surface area contributed by atoms with Crippen LogP contribution in [0.5, 0.6) is 0 Å². The second-order valence-electron chi connectivity index (χ2n) is 15.0. The number of rotatable bonds is 25. The van der Waals surface area contributed by atoms with Gasteiger partial charge in [0.25, 0.3) is 0 Å². The Morgan fingerprint density at radius 3 is 2.31 bits per heavy atom. The number of ether oxygens (including phenoxy) is 2. The third-order valence-corrected chi connectivity index (χ3v) is 13.1. The van der Waals surface area contributed by atoms with E-state index in [1.54, 1.807) is 19.2 Å². The number of esters is 2. The van der Waals surface area contributed by atoms with Crippen molar-refractivity contribution >= 4 is 55.8 Å². The van der Waals surface area contributed by atoms with Gasteiger partial charge in [-0.15, -0.1) is 0 Å². The predicted octanol–water partition coefficient (Wildman–Crippen LogP) is 6.82. The van der Waals surface area contributed by atoms with E-state index in [0.717, 1.165) is 72.2 Å². The van der Waals surface area contributed by atoms with Gasteiger partial charge in [-0.3, -0.25) is 13.9 Å². The van der Waals surface area contributed by atoms with Crippen LogP contribution >= 0.6 is 16.0 Å². The maximum absolute atomic E-state index is 13.3. The van der Waals surface area contributed by atoms with Crippen LogP contribution in [0.25, 0.3) is 0 Å². The monoisotopic (exact) mass is 905 g/mol. The molecule has 348 valence electrons. The van der Waals surface area contributed by atoms with E-state index in [1.165, 1.54) is 14.2 Å². The van der Waals surface area contributed by atoms with Crippen molar-refractivity contribution in [3.8, 4) is 0 Å². The molecule has 62 heavy (non-hydrogen) atoms. The van der Waals surface area contributed by atoms with Crippen molar-refractivity contribution in [2.45, 2.75) is 105 Å². The molecule has 0 saturated carbocycles. The van der Waals surface area contributed by atoms with Crippen molar-refractivity contribution in [1.29, 1.82) is 0 Å². The first-order valence-corrected chi connectivity index (χ1v) is 23.9. The minimum Gasteiger partial charge on any atom is -0.467 e. The number of carbonyl (C=O) groups is 3. The lowest BCUT2D eigenvalue weighted by Gasteiger charge is -2.30. The maximum atomic E-state index is 13.3. The first kappa shape index (κ1) is 56.3. The molecule has 16 heteroatoms. The number of likely N-dealkylation sites (N-methyl/N-ethyl adjacent to an activating group) is 1. The standard InChI is InChI=1S/C43H64N4O10P2.C2H6.CH4/c1-9-45-36-22-20-32(58(55-8)56-30-40(49)53-6)28-34(36)42(3,4)24-16-12-11-14-18-38-43(5,25-17-13-15-19-39(48)46-27-26-44)35-29-33(21-23-37(35)47(38)10-2)59(51,52)57-31-41(50)54-7;1-2;/h11-12,14,16,18,20-23,28-29,45H,9-10,13,15,17,19,24-27,30-31,44H2,1-8H3,(H,46,48)(H,51,52);1-2H3;1H4/p+1/b14-11+,16-12+,38-18+;;. The van der Waals surface area contributed by atoms with Crippen molar-refractivity contribution in [1.82, 2.24) is 5.32 Å². The quantitative estimate of drug-likeness (QED) is 0.0268. The van der Waals surface area contributed by atoms with E-state index in [0.29, 0.717) is 26.1 Å². The lowest BCUT2D eigenvalue weighted by atomic mass is 9.77. The van der Waals surface area contributed by atoms with Crippen LogP contribution in [0, 0.1) is 0 Å². The Morgan fingerprint density at radius 1 is 0.984 bits per heavy atom. The molecule has 1 aliphatic rings. The number of allylic oxidation sites excluding steroid dienone is 6. The molecule has 0 saturated heterocycles. The summed E-state index contributed by atoms with van der Waals surface area (Å²) in [7, 11) is -1.74. The highest BCUT2D eigenvalue weighted by Gasteiger charge is 2.43.